The number of hydrogen-bond donors (Lipinski definition) is 1. The van der Waals surface area contributed by atoms with Crippen LogP contribution in [0.2, 0.25) is 0 Å². The number of rotatable bonds is 8. The molecule has 0 bridgehead atoms. The molecule has 4 heteroatoms. The van der Waals surface area contributed by atoms with E-state index in [1.165, 1.54) is 5.56 Å². The molecule has 1 N–H and O–H groups in total. The summed E-state index contributed by atoms with van der Waals surface area (Å²) >= 11 is 0. The Hall–Kier alpha value is -3.27. The van der Waals surface area contributed by atoms with E-state index in [0.29, 0.717) is 18.0 Å². The second-order valence-electron chi connectivity index (χ2n) is 6.55. The summed E-state index contributed by atoms with van der Waals surface area (Å²) in [6, 6.07) is 25.1. The topological polar surface area (TPSA) is 47.6 Å². The first-order valence-electron chi connectivity index (χ1n) is 9.47. The minimum absolute atomic E-state index is 0.197. The lowest BCUT2D eigenvalue weighted by Gasteiger charge is -2.15. The molecule has 0 spiro atoms. The lowest BCUT2D eigenvalue weighted by molar-refractivity contribution is -0.122. The fraction of sp³-hybridized carbons (Fsp3) is 0.208. The summed E-state index contributed by atoms with van der Waals surface area (Å²) < 4.78 is 11.5. The maximum atomic E-state index is 12.4. The van der Waals surface area contributed by atoms with Crippen LogP contribution in [0.3, 0.4) is 0 Å². The summed E-state index contributed by atoms with van der Waals surface area (Å²) in [6.45, 7) is 4.35. The summed E-state index contributed by atoms with van der Waals surface area (Å²) in [6.07, 6.45) is 0.378. The normalized spacial score (nSPS) is 11.5. The number of nitrogens with one attached hydrogen (secondary N) is 1. The number of ether oxygens (including phenoxy) is 2. The van der Waals surface area contributed by atoms with Crippen LogP contribution in [-0.4, -0.2) is 12.0 Å². The van der Waals surface area contributed by atoms with Gasteiger partial charge in [0.05, 0.1) is 0 Å². The first kappa shape index (κ1) is 19.5. The first-order chi connectivity index (χ1) is 13.6. The van der Waals surface area contributed by atoms with Crippen LogP contribution in [0.4, 0.5) is 5.69 Å². The third-order valence-electron chi connectivity index (χ3n) is 4.38. The van der Waals surface area contributed by atoms with Gasteiger partial charge in [0.1, 0.15) is 18.1 Å². The van der Waals surface area contributed by atoms with Crippen LogP contribution >= 0.6 is 0 Å². The van der Waals surface area contributed by atoms with Crippen molar-refractivity contribution in [2.45, 2.75) is 33.0 Å². The quantitative estimate of drug-likeness (QED) is 0.586. The lowest BCUT2D eigenvalue weighted by atomic mass is 10.2. The zero-order chi connectivity index (χ0) is 19.8. The zero-order valence-corrected chi connectivity index (χ0v) is 16.2. The molecule has 0 radical (unpaired) electrons. The van der Waals surface area contributed by atoms with Gasteiger partial charge in [0.15, 0.2) is 6.10 Å². The van der Waals surface area contributed by atoms with Crippen LogP contribution < -0.4 is 14.8 Å². The van der Waals surface area contributed by atoms with Crippen LogP contribution in [0.15, 0.2) is 78.9 Å². The van der Waals surface area contributed by atoms with Crippen molar-refractivity contribution >= 4 is 11.6 Å². The van der Waals surface area contributed by atoms with Crippen LogP contribution in [0.5, 0.6) is 11.5 Å². The predicted octanol–water partition coefficient (Wildman–Crippen LogP) is 5.23. The van der Waals surface area contributed by atoms with Gasteiger partial charge in [0, 0.05) is 5.69 Å². The Morgan fingerprint density at radius 2 is 1.50 bits per heavy atom. The maximum Gasteiger partial charge on any atom is 0.265 e. The second-order valence-corrected chi connectivity index (χ2v) is 6.55. The predicted molar refractivity (Wildman–Crippen MR) is 112 cm³/mol. The van der Waals surface area contributed by atoms with Crippen LogP contribution in [-0.2, 0) is 17.8 Å². The third-order valence-corrected chi connectivity index (χ3v) is 4.38. The van der Waals surface area contributed by atoms with Gasteiger partial charge in [-0.25, -0.2) is 0 Å². The molecule has 0 saturated heterocycles. The van der Waals surface area contributed by atoms with E-state index in [0.717, 1.165) is 17.7 Å². The van der Waals surface area contributed by atoms with Gasteiger partial charge in [-0.3, -0.25) is 4.79 Å². The Labute approximate surface area is 166 Å². The summed E-state index contributed by atoms with van der Waals surface area (Å²) in [5.74, 6) is 1.24. The second kappa shape index (κ2) is 9.60. The van der Waals surface area contributed by atoms with Gasteiger partial charge in [-0.15, -0.1) is 0 Å². The highest BCUT2D eigenvalue weighted by molar-refractivity contribution is 5.94. The van der Waals surface area contributed by atoms with Gasteiger partial charge in [-0.05, 0) is 60.9 Å². The molecular weight excluding hydrogens is 350 g/mol. The van der Waals surface area contributed by atoms with Crippen LogP contribution in [0.1, 0.15) is 25.0 Å². The van der Waals surface area contributed by atoms with Crippen molar-refractivity contribution in [1.82, 2.24) is 0 Å². The maximum absolute atomic E-state index is 12.4. The standard InChI is InChI=1S/C24H25NO3/c1-3-19-9-13-23(14-10-19)28-18(2)24(26)25-21-11-15-22(16-12-21)27-17-20-7-5-4-6-8-20/h4-16,18H,3,17H2,1-2H3,(H,25,26). The molecule has 3 rings (SSSR count). The number of anilines is 1. The van der Waals surface area contributed by atoms with E-state index in [4.69, 9.17) is 9.47 Å². The molecule has 3 aromatic carbocycles. The Bertz CT molecular complexity index is 874. The number of carbonyl (C=O) groups is 1. The molecule has 1 unspecified atom stereocenters. The van der Waals surface area contributed by atoms with E-state index in [9.17, 15) is 4.79 Å². The first-order valence-corrected chi connectivity index (χ1v) is 9.47. The van der Waals surface area contributed by atoms with E-state index >= 15 is 0 Å². The zero-order valence-electron chi connectivity index (χ0n) is 16.2. The summed E-state index contributed by atoms with van der Waals surface area (Å²) in [5.41, 5.74) is 3.05. The minimum atomic E-state index is -0.596. The van der Waals surface area contributed by atoms with Crippen molar-refractivity contribution in [2.24, 2.45) is 0 Å². The van der Waals surface area contributed by atoms with Crippen molar-refractivity contribution in [1.29, 1.82) is 0 Å². The smallest absolute Gasteiger partial charge is 0.265 e. The average molecular weight is 375 g/mol. The summed E-state index contributed by atoms with van der Waals surface area (Å²) in [7, 11) is 0. The molecule has 0 fully saturated rings. The van der Waals surface area contributed by atoms with Crippen molar-refractivity contribution in [2.75, 3.05) is 5.32 Å². The highest BCUT2D eigenvalue weighted by Gasteiger charge is 2.15. The highest BCUT2D eigenvalue weighted by atomic mass is 16.5. The monoisotopic (exact) mass is 375 g/mol. The van der Waals surface area contributed by atoms with Crippen LogP contribution in [0.25, 0.3) is 0 Å². The minimum Gasteiger partial charge on any atom is -0.489 e. The Morgan fingerprint density at radius 1 is 0.857 bits per heavy atom. The third kappa shape index (κ3) is 5.61. The molecule has 4 nitrogen and oxygen atoms in total. The Morgan fingerprint density at radius 3 is 2.14 bits per heavy atom. The molecule has 3 aromatic rings. The fourth-order valence-corrected chi connectivity index (χ4v) is 2.68. The van der Waals surface area contributed by atoms with Gasteiger partial charge >= 0.3 is 0 Å². The van der Waals surface area contributed by atoms with E-state index in [1.807, 2.05) is 78.9 Å². The van der Waals surface area contributed by atoms with Crippen molar-refractivity contribution in [3.05, 3.63) is 90.0 Å². The van der Waals surface area contributed by atoms with E-state index in [1.54, 1.807) is 6.92 Å². The van der Waals surface area contributed by atoms with Gasteiger partial charge in [0.25, 0.3) is 5.91 Å². The van der Waals surface area contributed by atoms with Gasteiger partial charge < -0.3 is 14.8 Å². The van der Waals surface area contributed by atoms with E-state index in [-0.39, 0.29) is 5.91 Å². The molecule has 1 amide bonds. The number of aryl methyl sites for hydroxylation is 1. The number of benzene rings is 3. The molecule has 0 saturated carbocycles. The summed E-state index contributed by atoms with van der Waals surface area (Å²) in [4.78, 5) is 12.4. The van der Waals surface area contributed by atoms with E-state index in [2.05, 4.69) is 12.2 Å². The van der Waals surface area contributed by atoms with Gasteiger partial charge in [0.2, 0.25) is 0 Å². The van der Waals surface area contributed by atoms with Crippen molar-refractivity contribution in [3.8, 4) is 11.5 Å². The largest absolute Gasteiger partial charge is 0.489 e. The Balaban J connectivity index is 1.50. The molecule has 0 aliphatic heterocycles. The number of amides is 1. The summed E-state index contributed by atoms with van der Waals surface area (Å²) in [5, 5.41) is 2.87. The molecule has 1 atom stereocenters. The molecule has 0 aromatic heterocycles. The van der Waals surface area contributed by atoms with Crippen molar-refractivity contribution < 1.29 is 14.3 Å². The fourth-order valence-electron chi connectivity index (χ4n) is 2.68. The molecule has 0 aliphatic rings. The molecule has 144 valence electrons. The SMILES string of the molecule is CCc1ccc(OC(C)C(=O)Nc2ccc(OCc3ccccc3)cc2)cc1. The van der Waals surface area contributed by atoms with Gasteiger partial charge in [-0.1, -0.05) is 49.4 Å². The van der Waals surface area contributed by atoms with Crippen molar-refractivity contribution in [3.63, 3.8) is 0 Å². The lowest BCUT2D eigenvalue weighted by Crippen LogP contribution is -2.30. The molecule has 0 heterocycles. The van der Waals surface area contributed by atoms with Gasteiger partial charge in [-0.2, -0.15) is 0 Å². The highest BCUT2D eigenvalue weighted by Crippen LogP contribution is 2.18. The van der Waals surface area contributed by atoms with E-state index < -0.39 is 6.10 Å². The molecule has 0 aliphatic carbocycles. The molecule has 28 heavy (non-hydrogen) atoms. The Kier molecular flexibility index (Phi) is 6.68. The molecular formula is C24H25NO3. The number of carbonyl (C=O) groups excluding carboxylic acids is 1. The van der Waals surface area contributed by atoms with Crippen LogP contribution in [0, 0.1) is 0 Å². The average Bonchev–Trinajstić information content (AvgIpc) is 2.74. The number of hydrogen-bond acceptors (Lipinski definition) is 3.